The zero-order chi connectivity index (χ0) is 14.3. The van der Waals surface area contributed by atoms with Crippen molar-refractivity contribution in [2.24, 2.45) is 0 Å². The van der Waals surface area contributed by atoms with Gasteiger partial charge in [0.15, 0.2) is 5.78 Å². The first-order chi connectivity index (χ1) is 9.56. The summed E-state index contributed by atoms with van der Waals surface area (Å²) in [6.07, 6.45) is 3.32. The zero-order valence-electron chi connectivity index (χ0n) is 10.2. The molecular formula is C14H9BrClN3O. The molecule has 0 unspecified atom stereocenters. The number of nitrogen functional groups attached to an aromatic ring is 1. The molecule has 6 heteroatoms. The van der Waals surface area contributed by atoms with Crippen LogP contribution in [0.3, 0.4) is 0 Å². The molecule has 3 aromatic rings. The third kappa shape index (κ3) is 2.19. The first-order valence-corrected chi connectivity index (χ1v) is 6.95. The van der Waals surface area contributed by atoms with Gasteiger partial charge in [0.25, 0.3) is 0 Å². The molecule has 2 aromatic heterocycles. The summed E-state index contributed by atoms with van der Waals surface area (Å²) in [6, 6.07) is 6.71. The number of anilines is 1. The predicted octanol–water partition coefficient (Wildman–Crippen LogP) is 3.79. The van der Waals surface area contributed by atoms with E-state index in [1.165, 1.54) is 0 Å². The fraction of sp³-hybridized carbons (Fsp3) is 0. The quantitative estimate of drug-likeness (QED) is 0.545. The van der Waals surface area contributed by atoms with Crippen LogP contribution < -0.4 is 5.73 Å². The van der Waals surface area contributed by atoms with Crippen molar-refractivity contribution in [2.45, 2.75) is 0 Å². The van der Waals surface area contributed by atoms with Gasteiger partial charge in [0.1, 0.15) is 5.65 Å². The SMILES string of the molecule is Nc1cc(C(=O)c2c[nH]c3ncc(Br)cc23)ccc1Cl. The number of aromatic nitrogens is 2. The molecular weight excluding hydrogens is 342 g/mol. The average Bonchev–Trinajstić information content (AvgIpc) is 2.84. The minimum absolute atomic E-state index is 0.125. The van der Waals surface area contributed by atoms with E-state index in [0.29, 0.717) is 27.5 Å². The normalized spacial score (nSPS) is 10.9. The Kier molecular flexibility index (Phi) is 3.23. The lowest BCUT2D eigenvalue weighted by Gasteiger charge is -2.03. The van der Waals surface area contributed by atoms with Gasteiger partial charge in [0.05, 0.1) is 10.7 Å². The molecule has 0 saturated carbocycles. The molecule has 20 heavy (non-hydrogen) atoms. The number of carbonyl (C=O) groups is 1. The average molecular weight is 351 g/mol. The molecule has 0 aliphatic heterocycles. The van der Waals surface area contributed by atoms with Crippen LogP contribution in [-0.2, 0) is 0 Å². The van der Waals surface area contributed by atoms with E-state index in [2.05, 4.69) is 25.9 Å². The van der Waals surface area contributed by atoms with Crippen molar-refractivity contribution in [1.82, 2.24) is 9.97 Å². The number of benzene rings is 1. The molecule has 3 rings (SSSR count). The van der Waals surface area contributed by atoms with Crippen molar-refractivity contribution in [3.05, 3.63) is 57.3 Å². The van der Waals surface area contributed by atoms with Crippen molar-refractivity contribution in [1.29, 1.82) is 0 Å². The van der Waals surface area contributed by atoms with Gasteiger partial charge < -0.3 is 10.7 Å². The van der Waals surface area contributed by atoms with Gasteiger partial charge in [-0.1, -0.05) is 11.6 Å². The summed E-state index contributed by atoms with van der Waals surface area (Å²) in [5.74, 6) is -0.125. The van der Waals surface area contributed by atoms with E-state index in [1.807, 2.05) is 6.07 Å². The second kappa shape index (κ2) is 4.92. The number of nitrogens with one attached hydrogen (secondary N) is 1. The summed E-state index contributed by atoms with van der Waals surface area (Å²) in [4.78, 5) is 19.7. The number of nitrogens with zero attached hydrogens (tertiary/aromatic N) is 1. The van der Waals surface area contributed by atoms with Crippen LogP contribution in [0.1, 0.15) is 15.9 Å². The molecule has 4 nitrogen and oxygen atoms in total. The van der Waals surface area contributed by atoms with Crippen molar-refractivity contribution in [3.63, 3.8) is 0 Å². The second-order valence-electron chi connectivity index (χ2n) is 4.32. The molecule has 2 heterocycles. The number of rotatable bonds is 2. The summed E-state index contributed by atoms with van der Waals surface area (Å²) in [5, 5.41) is 1.20. The number of carbonyl (C=O) groups excluding carboxylic acids is 1. The third-order valence-corrected chi connectivity index (χ3v) is 3.78. The number of ketones is 1. The summed E-state index contributed by atoms with van der Waals surface area (Å²) < 4.78 is 0.814. The smallest absolute Gasteiger partial charge is 0.195 e. The largest absolute Gasteiger partial charge is 0.398 e. The molecule has 0 amide bonds. The maximum Gasteiger partial charge on any atom is 0.195 e. The highest BCUT2D eigenvalue weighted by Gasteiger charge is 2.15. The number of nitrogens with two attached hydrogens (primary N) is 1. The zero-order valence-corrected chi connectivity index (χ0v) is 12.5. The number of fused-ring (bicyclic) bond motifs is 1. The van der Waals surface area contributed by atoms with Crippen LogP contribution in [0.4, 0.5) is 5.69 Å². The van der Waals surface area contributed by atoms with E-state index >= 15 is 0 Å². The van der Waals surface area contributed by atoms with E-state index in [4.69, 9.17) is 17.3 Å². The van der Waals surface area contributed by atoms with Gasteiger partial charge >= 0.3 is 0 Å². The van der Waals surface area contributed by atoms with E-state index in [-0.39, 0.29) is 5.78 Å². The van der Waals surface area contributed by atoms with Gasteiger partial charge in [0.2, 0.25) is 0 Å². The lowest BCUT2D eigenvalue weighted by molar-refractivity contribution is 0.104. The van der Waals surface area contributed by atoms with Gasteiger partial charge in [-0.25, -0.2) is 4.98 Å². The van der Waals surface area contributed by atoms with E-state index < -0.39 is 0 Å². The van der Waals surface area contributed by atoms with Crippen molar-refractivity contribution < 1.29 is 4.79 Å². The van der Waals surface area contributed by atoms with Crippen LogP contribution in [0.5, 0.6) is 0 Å². The minimum Gasteiger partial charge on any atom is -0.398 e. The number of aromatic amines is 1. The van der Waals surface area contributed by atoms with E-state index in [0.717, 1.165) is 9.86 Å². The Bertz CT molecular complexity index is 828. The van der Waals surface area contributed by atoms with Gasteiger partial charge in [-0.2, -0.15) is 0 Å². The Morgan fingerprint density at radius 1 is 1.35 bits per heavy atom. The highest BCUT2D eigenvalue weighted by Crippen LogP contribution is 2.25. The first-order valence-electron chi connectivity index (χ1n) is 5.78. The molecule has 0 saturated heterocycles. The number of halogens is 2. The Morgan fingerprint density at radius 2 is 2.15 bits per heavy atom. The number of hydrogen-bond acceptors (Lipinski definition) is 3. The highest BCUT2D eigenvalue weighted by molar-refractivity contribution is 9.10. The molecule has 3 N–H and O–H groups in total. The fourth-order valence-corrected chi connectivity index (χ4v) is 2.46. The van der Waals surface area contributed by atoms with Crippen LogP contribution in [0.2, 0.25) is 5.02 Å². The minimum atomic E-state index is -0.125. The molecule has 0 aliphatic rings. The van der Waals surface area contributed by atoms with Crippen LogP contribution in [0.15, 0.2) is 41.1 Å². The maximum atomic E-state index is 12.5. The van der Waals surface area contributed by atoms with Gasteiger partial charge in [0, 0.05) is 33.4 Å². The molecule has 0 atom stereocenters. The third-order valence-electron chi connectivity index (χ3n) is 3.00. The molecule has 1 aromatic carbocycles. The van der Waals surface area contributed by atoms with Crippen molar-refractivity contribution in [2.75, 3.05) is 5.73 Å². The monoisotopic (exact) mass is 349 g/mol. The second-order valence-corrected chi connectivity index (χ2v) is 5.64. The standard InChI is InChI=1S/C14H9BrClN3O/c15-8-4-9-10(6-19-14(9)18-5-8)13(20)7-1-2-11(16)12(17)3-7/h1-6H,17H2,(H,18,19). The number of hydrogen-bond donors (Lipinski definition) is 2. The van der Waals surface area contributed by atoms with Crippen LogP contribution in [-0.4, -0.2) is 15.8 Å². The molecule has 0 bridgehead atoms. The van der Waals surface area contributed by atoms with E-state index in [9.17, 15) is 4.79 Å². The number of H-pyrrole nitrogens is 1. The van der Waals surface area contributed by atoms with Gasteiger partial charge in [-0.3, -0.25) is 4.79 Å². The summed E-state index contributed by atoms with van der Waals surface area (Å²) in [5.41, 5.74) is 7.83. The lowest BCUT2D eigenvalue weighted by atomic mass is 10.0. The molecule has 100 valence electrons. The molecule has 0 radical (unpaired) electrons. The Labute approximate surface area is 128 Å². The highest BCUT2D eigenvalue weighted by atomic mass is 79.9. The van der Waals surface area contributed by atoms with E-state index in [1.54, 1.807) is 30.6 Å². The van der Waals surface area contributed by atoms with Gasteiger partial charge in [-0.05, 0) is 40.2 Å². The fourth-order valence-electron chi connectivity index (χ4n) is 2.01. The van der Waals surface area contributed by atoms with Gasteiger partial charge in [-0.15, -0.1) is 0 Å². The first kappa shape index (κ1) is 13.1. The van der Waals surface area contributed by atoms with Crippen molar-refractivity contribution >= 4 is 50.0 Å². The van der Waals surface area contributed by atoms with Crippen LogP contribution in [0.25, 0.3) is 11.0 Å². The topological polar surface area (TPSA) is 71.8 Å². The molecule has 0 aliphatic carbocycles. The Hall–Kier alpha value is -1.85. The van der Waals surface area contributed by atoms with Crippen LogP contribution in [0, 0.1) is 0 Å². The summed E-state index contributed by atoms with van der Waals surface area (Å²) in [7, 11) is 0. The summed E-state index contributed by atoms with van der Waals surface area (Å²) in [6.45, 7) is 0. The Morgan fingerprint density at radius 3 is 2.90 bits per heavy atom. The Balaban J connectivity index is 2.12. The maximum absolute atomic E-state index is 12.5. The number of pyridine rings is 1. The van der Waals surface area contributed by atoms with Crippen LogP contribution >= 0.6 is 27.5 Å². The predicted molar refractivity (Wildman–Crippen MR) is 83.1 cm³/mol. The molecule has 0 spiro atoms. The molecule has 0 fully saturated rings. The lowest BCUT2D eigenvalue weighted by Crippen LogP contribution is -2.01. The van der Waals surface area contributed by atoms with Crippen molar-refractivity contribution in [3.8, 4) is 0 Å². The summed E-state index contributed by atoms with van der Waals surface area (Å²) >= 11 is 9.22.